The molecule has 5 heteroatoms. The van der Waals surface area contributed by atoms with Gasteiger partial charge in [0, 0.05) is 0 Å². The zero-order valence-corrected chi connectivity index (χ0v) is 18.7. The van der Waals surface area contributed by atoms with Gasteiger partial charge in [0.1, 0.15) is 17.2 Å². The van der Waals surface area contributed by atoms with Crippen LogP contribution in [0.4, 0.5) is 0 Å². The Morgan fingerprint density at radius 2 is 1.28 bits per heavy atom. The second-order valence-electron chi connectivity index (χ2n) is 7.51. The van der Waals surface area contributed by atoms with E-state index in [9.17, 15) is 4.57 Å². The van der Waals surface area contributed by atoms with Gasteiger partial charge in [0.15, 0.2) is 0 Å². The smallest absolute Gasteiger partial charge is 0.386 e. The first-order valence-electron chi connectivity index (χ1n) is 9.56. The second-order valence-corrected chi connectivity index (χ2v) is 8.95. The van der Waals surface area contributed by atoms with Gasteiger partial charge in [-0.3, -0.25) is 0 Å². The molecule has 0 saturated heterocycles. The van der Waals surface area contributed by atoms with Crippen LogP contribution in [0.5, 0.6) is 17.2 Å². The fraction of sp³-hybridized carbons (Fsp3) is 0.250. The zero-order valence-electron chi connectivity index (χ0n) is 17.8. The van der Waals surface area contributed by atoms with E-state index in [-0.39, 0.29) is 0 Å². The van der Waals surface area contributed by atoms with Crippen LogP contribution in [0.2, 0.25) is 0 Å². The Kier molecular flexibility index (Phi) is 6.04. The fourth-order valence-corrected chi connectivity index (χ4v) is 4.50. The summed E-state index contributed by atoms with van der Waals surface area (Å²) in [5, 5.41) is 0. The quantitative estimate of drug-likeness (QED) is 0.404. The first-order valence-corrected chi connectivity index (χ1v) is 11.0. The Balaban J connectivity index is 2.01. The molecule has 1 atom stereocenters. The maximum Gasteiger partial charge on any atom is 0.647 e. The van der Waals surface area contributed by atoms with E-state index < -0.39 is 7.82 Å². The highest BCUT2D eigenvalue weighted by atomic mass is 31.2. The highest BCUT2D eigenvalue weighted by molar-refractivity contribution is 7.49. The van der Waals surface area contributed by atoms with Gasteiger partial charge >= 0.3 is 7.82 Å². The zero-order chi connectivity index (χ0) is 21.2. The minimum Gasteiger partial charge on any atom is -0.386 e. The van der Waals surface area contributed by atoms with Crippen molar-refractivity contribution in [3.8, 4) is 17.2 Å². The van der Waals surface area contributed by atoms with Crippen molar-refractivity contribution in [3.63, 3.8) is 0 Å². The predicted molar refractivity (Wildman–Crippen MR) is 117 cm³/mol. The molecule has 0 saturated carbocycles. The molecule has 4 nitrogen and oxygen atoms in total. The van der Waals surface area contributed by atoms with Crippen LogP contribution >= 0.6 is 7.82 Å². The van der Waals surface area contributed by atoms with Gasteiger partial charge in [0.2, 0.25) is 0 Å². The van der Waals surface area contributed by atoms with E-state index in [0.717, 1.165) is 33.4 Å². The molecular weight excluding hydrogens is 383 g/mol. The van der Waals surface area contributed by atoms with Crippen LogP contribution in [0.25, 0.3) is 0 Å². The lowest BCUT2D eigenvalue weighted by molar-refractivity contribution is 0.297. The van der Waals surface area contributed by atoms with Gasteiger partial charge in [-0.05, 0) is 93.6 Å². The van der Waals surface area contributed by atoms with E-state index in [0.29, 0.717) is 17.2 Å². The second kappa shape index (κ2) is 8.34. The molecule has 3 aromatic rings. The summed E-state index contributed by atoms with van der Waals surface area (Å²) >= 11 is 0. The third-order valence-electron chi connectivity index (χ3n) is 4.72. The summed E-state index contributed by atoms with van der Waals surface area (Å²) in [6.45, 7) is 11.7. The van der Waals surface area contributed by atoms with Gasteiger partial charge in [0.25, 0.3) is 0 Å². The molecule has 0 heterocycles. The minimum atomic E-state index is -4.01. The number of hydrogen-bond acceptors (Lipinski definition) is 4. The topological polar surface area (TPSA) is 44.8 Å². The molecule has 152 valence electrons. The summed E-state index contributed by atoms with van der Waals surface area (Å²) in [7, 11) is -4.01. The van der Waals surface area contributed by atoms with Crippen LogP contribution in [-0.2, 0) is 4.57 Å². The molecule has 0 aliphatic rings. The molecule has 0 aromatic heterocycles. The fourth-order valence-electron chi connectivity index (χ4n) is 3.14. The molecule has 3 rings (SSSR count). The van der Waals surface area contributed by atoms with Crippen molar-refractivity contribution in [2.75, 3.05) is 0 Å². The van der Waals surface area contributed by atoms with Gasteiger partial charge in [0.05, 0.1) is 0 Å². The van der Waals surface area contributed by atoms with Gasteiger partial charge in [-0.1, -0.05) is 35.9 Å². The van der Waals surface area contributed by atoms with Crippen LogP contribution < -0.4 is 13.6 Å². The van der Waals surface area contributed by atoms with E-state index in [1.54, 1.807) is 12.1 Å². The summed E-state index contributed by atoms with van der Waals surface area (Å²) in [5.41, 5.74) is 5.89. The van der Waals surface area contributed by atoms with Gasteiger partial charge in [-0.25, -0.2) is 0 Å². The molecule has 0 fully saturated rings. The van der Waals surface area contributed by atoms with E-state index in [2.05, 4.69) is 0 Å². The molecule has 0 N–H and O–H groups in total. The Morgan fingerprint density at radius 1 is 0.621 bits per heavy atom. The lowest BCUT2D eigenvalue weighted by Crippen LogP contribution is -2.09. The predicted octanol–water partition coefficient (Wildman–Crippen LogP) is 7.18. The van der Waals surface area contributed by atoms with Crippen molar-refractivity contribution in [1.82, 2.24) is 0 Å². The van der Waals surface area contributed by atoms with E-state index in [4.69, 9.17) is 13.6 Å². The van der Waals surface area contributed by atoms with Gasteiger partial charge in [-0.2, -0.15) is 4.57 Å². The molecule has 3 aromatic carbocycles. The molecule has 0 bridgehead atoms. The maximum atomic E-state index is 13.8. The van der Waals surface area contributed by atoms with Crippen molar-refractivity contribution in [2.24, 2.45) is 0 Å². The van der Waals surface area contributed by atoms with Crippen molar-refractivity contribution in [1.29, 1.82) is 0 Å². The van der Waals surface area contributed by atoms with Gasteiger partial charge < -0.3 is 13.6 Å². The molecule has 0 spiro atoms. The highest BCUT2D eigenvalue weighted by Crippen LogP contribution is 2.51. The van der Waals surface area contributed by atoms with Gasteiger partial charge in [-0.15, -0.1) is 0 Å². The van der Waals surface area contributed by atoms with E-state index in [1.165, 1.54) is 0 Å². The minimum absolute atomic E-state index is 0.445. The highest BCUT2D eigenvalue weighted by Gasteiger charge is 2.34. The molecule has 0 amide bonds. The van der Waals surface area contributed by atoms with Crippen molar-refractivity contribution in [3.05, 3.63) is 88.0 Å². The summed E-state index contributed by atoms with van der Waals surface area (Å²) in [6.07, 6.45) is 0. The molecule has 1 unspecified atom stereocenters. The number of phosphoric acid groups is 1. The summed E-state index contributed by atoms with van der Waals surface area (Å²) in [6, 6.07) is 16.9. The Hall–Kier alpha value is -2.71. The normalized spacial score (nSPS) is 12.9. The van der Waals surface area contributed by atoms with Crippen LogP contribution in [0.1, 0.15) is 33.4 Å². The third kappa shape index (κ3) is 5.21. The molecular formula is C24H27O4P. The first kappa shape index (κ1) is 21.0. The standard InChI is InChI=1S/C24H27O4P/c1-16-10-11-23(20(5)13-16)27-29(25,26-22-14-17(2)12-18(3)15-22)28-24-9-7-8-19(4)21(24)6/h7-15H,1-6H3. The molecule has 0 aliphatic carbocycles. The first-order chi connectivity index (χ1) is 13.6. The largest absolute Gasteiger partial charge is 0.647 e. The number of benzene rings is 3. The van der Waals surface area contributed by atoms with Crippen LogP contribution in [-0.4, -0.2) is 0 Å². The Morgan fingerprint density at radius 3 is 1.93 bits per heavy atom. The van der Waals surface area contributed by atoms with Crippen molar-refractivity contribution >= 4 is 7.82 Å². The molecule has 0 radical (unpaired) electrons. The Labute approximate surface area is 173 Å². The lowest BCUT2D eigenvalue weighted by atomic mass is 10.1. The number of rotatable bonds is 6. The number of hydrogen-bond donors (Lipinski definition) is 0. The maximum absolute atomic E-state index is 13.8. The van der Waals surface area contributed by atoms with E-state index >= 15 is 0 Å². The SMILES string of the molecule is Cc1cc(C)cc(OP(=O)(Oc2ccc(C)cc2C)Oc2cccc(C)c2C)c1. The van der Waals surface area contributed by atoms with Crippen LogP contribution in [0.15, 0.2) is 54.6 Å². The summed E-state index contributed by atoms with van der Waals surface area (Å²) < 4.78 is 31.4. The molecule has 29 heavy (non-hydrogen) atoms. The number of phosphoric ester groups is 1. The van der Waals surface area contributed by atoms with Crippen molar-refractivity contribution < 1.29 is 18.1 Å². The van der Waals surface area contributed by atoms with Crippen LogP contribution in [0, 0.1) is 41.5 Å². The monoisotopic (exact) mass is 410 g/mol. The Bertz CT molecular complexity index is 1070. The van der Waals surface area contributed by atoms with E-state index in [1.807, 2.05) is 84.0 Å². The third-order valence-corrected chi connectivity index (χ3v) is 5.99. The molecule has 0 aliphatic heterocycles. The lowest BCUT2D eigenvalue weighted by Gasteiger charge is -2.22. The number of aryl methyl sites for hydroxylation is 5. The van der Waals surface area contributed by atoms with Crippen molar-refractivity contribution in [2.45, 2.75) is 41.5 Å². The summed E-state index contributed by atoms with van der Waals surface area (Å²) in [4.78, 5) is 0. The average Bonchev–Trinajstić information content (AvgIpc) is 2.60. The summed E-state index contributed by atoms with van der Waals surface area (Å²) in [5.74, 6) is 1.39. The average molecular weight is 410 g/mol. The van der Waals surface area contributed by atoms with Crippen LogP contribution in [0.3, 0.4) is 0 Å².